The molecule has 2 N–H and O–H groups in total. The van der Waals surface area contributed by atoms with Crippen molar-refractivity contribution in [3.63, 3.8) is 0 Å². The number of fused-ring (bicyclic) bond motifs is 1. The Labute approximate surface area is 112 Å². The third kappa shape index (κ3) is 2.20. The molecule has 2 rings (SSSR count). The summed E-state index contributed by atoms with van der Waals surface area (Å²) in [5, 5.41) is 1.18. The van der Waals surface area contributed by atoms with E-state index in [4.69, 9.17) is 5.73 Å². The zero-order chi connectivity index (χ0) is 13.3. The van der Waals surface area contributed by atoms with Crippen molar-refractivity contribution in [3.05, 3.63) is 16.8 Å². The van der Waals surface area contributed by atoms with Gasteiger partial charge in [-0.1, -0.05) is 0 Å². The summed E-state index contributed by atoms with van der Waals surface area (Å²) in [6.07, 6.45) is 1.65. The molecule has 4 nitrogen and oxygen atoms in total. The van der Waals surface area contributed by atoms with Crippen LogP contribution in [0.1, 0.15) is 24.3 Å². The summed E-state index contributed by atoms with van der Waals surface area (Å²) in [7, 11) is 0. The van der Waals surface area contributed by atoms with E-state index in [0.29, 0.717) is 12.6 Å². The second-order valence-corrected chi connectivity index (χ2v) is 5.94. The van der Waals surface area contributed by atoms with E-state index in [2.05, 4.69) is 42.6 Å². The van der Waals surface area contributed by atoms with Gasteiger partial charge >= 0.3 is 0 Å². The van der Waals surface area contributed by atoms with Crippen LogP contribution in [0.25, 0.3) is 10.2 Å². The molecule has 2 aromatic heterocycles. The molecule has 0 aliphatic carbocycles. The quantitative estimate of drug-likeness (QED) is 0.921. The van der Waals surface area contributed by atoms with Crippen molar-refractivity contribution in [1.82, 2.24) is 9.97 Å². The molecule has 0 atom stereocenters. The van der Waals surface area contributed by atoms with Gasteiger partial charge in [-0.25, -0.2) is 9.97 Å². The van der Waals surface area contributed by atoms with Gasteiger partial charge in [-0.2, -0.15) is 0 Å². The predicted octanol–water partition coefficient (Wildman–Crippen LogP) is 2.48. The highest BCUT2D eigenvalue weighted by Crippen LogP contribution is 2.34. The number of nitrogens with two attached hydrogens (primary N) is 1. The van der Waals surface area contributed by atoms with E-state index in [9.17, 15) is 0 Å². The normalized spacial score (nSPS) is 11.4. The molecule has 0 aliphatic rings. The molecule has 0 aliphatic heterocycles. The van der Waals surface area contributed by atoms with Crippen molar-refractivity contribution in [2.45, 2.75) is 33.7 Å². The molecule has 2 heterocycles. The number of rotatable bonds is 4. The third-order valence-corrected chi connectivity index (χ3v) is 4.33. The Morgan fingerprint density at radius 1 is 1.33 bits per heavy atom. The van der Waals surface area contributed by atoms with Crippen LogP contribution in [0.5, 0.6) is 0 Å². The molecule has 0 fully saturated rings. The maximum atomic E-state index is 5.71. The lowest BCUT2D eigenvalue weighted by Gasteiger charge is -2.27. The van der Waals surface area contributed by atoms with Crippen molar-refractivity contribution in [3.8, 4) is 0 Å². The minimum atomic E-state index is 0.381. The van der Waals surface area contributed by atoms with E-state index >= 15 is 0 Å². The van der Waals surface area contributed by atoms with Gasteiger partial charge in [0, 0.05) is 24.0 Å². The Hall–Kier alpha value is -1.20. The minimum absolute atomic E-state index is 0.381. The highest BCUT2D eigenvalue weighted by atomic mass is 32.1. The van der Waals surface area contributed by atoms with Crippen molar-refractivity contribution in [2.75, 3.05) is 18.0 Å². The minimum Gasteiger partial charge on any atom is -0.352 e. The monoisotopic (exact) mass is 264 g/mol. The van der Waals surface area contributed by atoms with Gasteiger partial charge in [0.05, 0.1) is 5.39 Å². The smallest absolute Gasteiger partial charge is 0.141 e. The fraction of sp³-hybridized carbons (Fsp3) is 0.538. The lowest BCUT2D eigenvalue weighted by Crippen LogP contribution is -2.36. The van der Waals surface area contributed by atoms with Crippen LogP contribution in [-0.4, -0.2) is 29.1 Å². The molecular formula is C13H20N4S. The molecule has 0 saturated carbocycles. The van der Waals surface area contributed by atoms with Crippen LogP contribution in [0, 0.1) is 13.8 Å². The van der Waals surface area contributed by atoms with Crippen LogP contribution in [0.3, 0.4) is 0 Å². The van der Waals surface area contributed by atoms with E-state index in [-0.39, 0.29) is 0 Å². The molecule has 5 heteroatoms. The van der Waals surface area contributed by atoms with Crippen LogP contribution in [0.2, 0.25) is 0 Å². The fourth-order valence-electron chi connectivity index (χ4n) is 2.13. The number of aryl methyl sites for hydroxylation is 2. The first-order valence-electron chi connectivity index (χ1n) is 6.23. The molecule has 18 heavy (non-hydrogen) atoms. The van der Waals surface area contributed by atoms with Crippen molar-refractivity contribution in [2.24, 2.45) is 5.73 Å². The maximum Gasteiger partial charge on any atom is 0.141 e. The number of aromatic nitrogens is 2. The van der Waals surface area contributed by atoms with Crippen LogP contribution < -0.4 is 10.6 Å². The van der Waals surface area contributed by atoms with Gasteiger partial charge in [0.15, 0.2) is 0 Å². The van der Waals surface area contributed by atoms with Gasteiger partial charge in [0.25, 0.3) is 0 Å². The third-order valence-electron chi connectivity index (χ3n) is 3.21. The van der Waals surface area contributed by atoms with Gasteiger partial charge in [0.2, 0.25) is 0 Å². The van der Waals surface area contributed by atoms with E-state index in [0.717, 1.165) is 17.2 Å². The number of nitrogens with zero attached hydrogens (tertiary/aromatic N) is 3. The van der Waals surface area contributed by atoms with Crippen molar-refractivity contribution < 1.29 is 0 Å². The average Bonchev–Trinajstić information content (AvgIpc) is 2.62. The molecule has 0 amide bonds. The predicted molar refractivity (Wildman–Crippen MR) is 78.4 cm³/mol. The Kier molecular flexibility index (Phi) is 3.82. The number of thiophene rings is 1. The molecule has 0 radical (unpaired) electrons. The average molecular weight is 264 g/mol. The van der Waals surface area contributed by atoms with Crippen LogP contribution >= 0.6 is 11.3 Å². The first-order chi connectivity index (χ1) is 8.56. The highest BCUT2D eigenvalue weighted by Gasteiger charge is 2.18. The van der Waals surface area contributed by atoms with E-state index in [1.807, 2.05) is 0 Å². The van der Waals surface area contributed by atoms with E-state index in [1.54, 1.807) is 17.7 Å². The zero-order valence-corrected chi connectivity index (χ0v) is 12.2. The van der Waals surface area contributed by atoms with Crippen LogP contribution in [-0.2, 0) is 0 Å². The topological polar surface area (TPSA) is 55.0 Å². The summed E-state index contributed by atoms with van der Waals surface area (Å²) in [6.45, 7) is 10.1. The Morgan fingerprint density at radius 2 is 2.06 bits per heavy atom. The maximum absolute atomic E-state index is 5.71. The SMILES string of the molecule is Cc1sc2ncnc(N(CCN)C(C)C)c2c1C. The second kappa shape index (κ2) is 5.20. The van der Waals surface area contributed by atoms with Crippen molar-refractivity contribution >= 4 is 27.4 Å². The standard InChI is InChI=1S/C13H20N4S/c1-8(2)17(6-5-14)12-11-9(3)10(4)18-13(11)16-7-15-12/h7-8H,5-6,14H2,1-4H3. The van der Waals surface area contributed by atoms with Gasteiger partial charge in [-0.05, 0) is 33.3 Å². The first kappa shape index (κ1) is 13.2. The summed E-state index contributed by atoms with van der Waals surface area (Å²) < 4.78 is 0. The summed E-state index contributed by atoms with van der Waals surface area (Å²) in [6, 6.07) is 0.381. The lowest BCUT2D eigenvalue weighted by atomic mass is 10.2. The Bertz CT molecular complexity index is 547. The van der Waals surface area contributed by atoms with Crippen LogP contribution in [0.4, 0.5) is 5.82 Å². The molecule has 98 valence electrons. The molecule has 0 unspecified atom stereocenters. The van der Waals surface area contributed by atoms with Gasteiger partial charge in [-0.15, -0.1) is 11.3 Å². The molecule has 0 aromatic carbocycles. The second-order valence-electron chi connectivity index (χ2n) is 4.74. The number of anilines is 1. The van der Waals surface area contributed by atoms with Gasteiger partial charge in [-0.3, -0.25) is 0 Å². The fourth-order valence-corrected chi connectivity index (χ4v) is 3.12. The van der Waals surface area contributed by atoms with E-state index < -0.39 is 0 Å². The molecule has 0 saturated heterocycles. The summed E-state index contributed by atoms with van der Waals surface area (Å²) in [5.41, 5.74) is 6.99. The van der Waals surface area contributed by atoms with E-state index in [1.165, 1.54) is 15.8 Å². The van der Waals surface area contributed by atoms with Crippen molar-refractivity contribution in [1.29, 1.82) is 0 Å². The number of hydrogen-bond donors (Lipinski definition) is 1. The molecule has 2 aromatic rings. The highest BCUT2D eigenvalue weighted by molar-refractivity contribution is 7.18. The Balaban J connectivity index is 2.61. The molecule has 0 bridgehead atoms. The molecule has 0 spiro atoms. The number of hydrogen-bond acceptors (Lipinski definition) is 5. The van der Waals surface area contributed by atoms with Crippen LogP contribution in [0.15, 0.2) is 6.33 Å². The largest absolute Gasteiger partial charge is 0.352 e. The zero-order valence-electron chi connectivity index (χ0n) is 11.4. The lowest BCUT2D eigenvalue weighted by molar-refractivity contribution is 0.677. The summed E-state index contributed by atoms with van der Waals surface area (Å²) in [4.78, 5) is 13.5. The summed E-state index contributed by atoms with van der Waals surface area (Å²) >= 11 is 1.73. The Morgan fingerprint density at radius 3 is 2.67 bits per heavy atom. The van der Waals surface area contributed by atoms with Gasteiger partial charge in [0.1, 0.15) is 17.0 Å². The van der Waals surface area contributed by atoms with Gasteiger partial charge < -0.3 is 10.6 Å². The summed E-state index contributed by atoms with van der Waals surface area (Å²) in [5.74, 6) is 1.02. The first-order valence-corrected chi connectivity index (χ1v) is 7.05. The molecular weight excluding hydrogens is 244 g/mol.